The highest BCUT2D eigenvalue weighted by molar-refractivity contribution is 7.46. The van der Waals surface area contributed by atoms with E-state index in [1.165, 1.54) is 51.4 Å². The molecular formula is C36H57N2O7P. The Bertz CT molecular complexity index is 1210. The van der Waals surface area contributed by atoms with E-state index < -0.39 is 13.9 Å². The molecule has 1 aromatic heterocycles. The number of methoxy groups -OCH3 is 1. The van der Waals surface area contributed by atoms with Crippen molar-refractivity contribution in [3.63, 3.8) is 0 Å². The molecule has 0 radical (unpaired) electrons. The number of rotatable bonds is 25. The van der Waals surface area contributed by atoms with Crippen LogP contribution in [0.2, 0.25) is 0 Å². The van der Waals surface area contributed by atoms with E-state index in [0.717, 1.165) is 60.2 Å². The number of ether oxygens (including phenoxy) is 2. The van der Waals surface area contributed by atoms with Gasteiger partial charge in [0.15, 0.2) is 0 Å². The van der Waals surface area contributed by atoms with Gasteiger partial charge in [-0.3, -0.25) is 14.3 Å². The number of aromatic nitrogens is 1. The van der Waals surface area contributed by atoms with Crippen LogP contribution in [0.25, 0.3) is 0 Å². The minimum absolute atomic E-state index is 0.145. The summed E-state index contributed by atoms with van der Waals surface area (Å²) in [4.78, 5) is 35.6. The molecule has 0 spiro atoms. The minimum atomic E-state index is -4.67. The third-order valence-electron chi connectivity index (χ3n) is 8.01. The Morgan fingerprint density at radius 1 is 0.935 bits per heavy atom. The first-order valence-electron chi connectivity index (χ1n) is 17.0. The summed E-state index contributed by atoms with van der Waals surface area (Å²) in [5.41, 5.74) is 3.56. The molecule has 0 saturated heterocycles. The van der Waals surface area contributed by atoms with Crippen molar-refractivity contribution in [2.24, 2.45) is 0 Å². The molecular weight excluding hydrogens is 603 g/mol. The Balaban J connectivity index is 1.71. The van der Waals surface area contributed by atoms with Gasteiger partial charge in [-0.05, 0) is 70.1 Å². The molecule has 0 fully saturated rings. The van der Waals surface area contributed by atoms with Crippen molar-refractivity contribution in [2.75, 3.05) is 13.7 Å². The third kappa shape index (κ3) is 17.3. The molecule has 258 valence electrons. The number of phosphoric ester groups is 1. The van der Waals surface area contributed by atoms with E-state index in [1.54, 1.807) is 13.3 Å². The van der Waals surface area contributed by atoms with Crippen LogP contribution in [0.15, 0.2) is 42.6 Å². The second kappa shape index (κ2) is 22.8. The summed E-state index contributed by atoms with van der Waals surface area (Å²) in [6, 6.07) is 6.80. The number of amides is 1. The van der Waals surface area contributed by atoms with E-state index in [1.807, 2.05) is 38.1 Å². The molecule has 0 aliphatic carbocycles. The van der Waals surface area contributed by atoms with Crippen molar-refractivity contribution < 1.29 is 33.1 Å². The quantitative estimate of drug-likeness (QED) is 0.0550. The molecule has 0 unspecified atom stereocenters. The standard InChI is InChI=1S/C36H57N2O7P/c1-5-6-7-8-9-10-11-12-13-14-15-16-17-18-19-20-35(39)38-32(27-45-46(40,41)42)25-31-21-23-33(24-22-31)44-28-34-30(3)36(43-4)29(2)26-37-34/h12-13,21-24,26,32H,5-11,14-20,25,27-28H2,1-4H3,(H,38,39)(H2,40,41,42)/b13-12-/t32-/m0/s1. The lowest BCUT2D eigenvalue weighted by Gasteiger charge is -2.19. The van der Waals surface area contributed by atoms with Crippen LogP contribution in [-0.4, -0.2) is 40.4 Å². The number of benzene rings is 1. The van der Waals surface area contributed by atoms with Gasteiger partial charge in [-0.1, -0.05) is 82.6 Å². The maximum absolute atomic E-state index is 12.7. The Kier molecular flexibility index (Phi) is 19.5. The number of allylic oxidation sites excluding steroid dienone is 2. The summed E-state index contributed by atoms with van der Waals surface area (Å²) in [5.74, 6) is 1.31. The number of carbonyl (C=O) groups is 1. The van der Waals surface area contributed by atoms with E-state index in [9.17, 15) is 19.1 Å². The number of nitrogens with zero attached hydrogens (tertiary/aromatic N) is 1. The SMILES string of the molecule is CCCCCCCC/C=C\CCCCCCCC(=O)N[C@H](COP(=O)(O)O)Cc1ccc(OCc2ncc(C)c(OC)c2C)cc1. The highest BCUT2D eigenvalue weighted by atomic mass is 31.2. The van der Waals surface area contributed by atoms with Crippen molar-refractivity contribution in [1.82, 2.24) is 10.3 Å². The van der Waals surface area contributed by atoms with Crippen molar-refractivity contribution >= 4 is 13.7 Å². The fraction of sp³-hybridized carbons (Fsp3) is 0.611. The van der Waals surface area contributed by atoms with Gasteiger partial charge in [-0.25, -0.2) is 4.57 Å². The summed E-state index contributed by atoms with van der Waals surface area (Å²) in [6.45, 7) is 6.14. The van der Waals surface area contributed by atoms with E-state index in [2.05, 4.69) is 29.4 Å². The van der Waals surface area contributed by atoms with E-state index in [0.29, 0.717) is 18.6 Å². The first kappa shape index (κ1) is 39.5. The monoisotopic (exact) mass is 660 g/mol. The lowest BCUT2D eigenvalue weighted by molar-refractivity contribution is -0.122. The van der Waals surface area contributed by atoms with Crippen LogP contribution < -0.4 is 14.8 Å². The first-order valence-corrected chi connectivity index (χ1v) is 18.5. The highest BCUT2D eigenvalue weighted by Gasteiger charge is 2.20. The van der Waals surface area contributed by atoms with Crippen LogP contribution in [0.3, 0.4) is 0 Å². The van der Waals surface area contributed by atoms with E-state index >= 15 is 0 Å². The molecule has 1 aromatic carbocycles. The molecule has 0 bridgehead atoms. The number of pyridine rings is 1. The van der Waals surface area contributed by atoms with Crippen LogP contribution in [0.5, 0.6) is 11.5 Å². The van der Waals surface area contributed by atoms with Crippen molar-refractivity contribution in [2.45, 2.75) is 130 Å². The fourth-order valence-corrected chi connectivity index (χ4v) is 5.74. The van der Waals surface area contributed by atoms with Crippen molar-refractivity contribution in [3.8, 4) is 11.5 Å². The molecule has 3 N–H and O–H groups in total. The summed E-state index contributed by atoms with van der Waals surface area (Å²) in [5, 5.41) is 2.90. The summed E-state index contributed by atoms with van der Waals surface area (Å²) in [6.07, 6.45) is 22.6. The summed E-state index contributed by atoms with van der Waals surface area (Å²) >= 11 is 0. The van der Waals surface area contributed by atoms with Gasteiger partial charge in [0.1, 0.15) is 18.1 Å². The van der Waals surface area contributed by atoms with Crippen LogP contribution in [0.4, 0.5) is 0 Å². The van der Waals surface area contributed by atoms with Gasteiger partial charge in [-0.15, -0.1) is 0 Å². The summed E-state index contributed by atoms with van der Waals surface area (Å²) < 4.78 is 27.5. The zero-order valence-corrected chi connectivity index (χ0v) is 29.4. The number of unbranched alkanes of at least 4 members (excludes halogenated alkanes) is 11. The van der Waals surface area contributed by atoms with Gasteiger partial charge in [0.05, 0.1) is 25.5 Å². The van der Waals surface area contributed by atoms with Gasteiger partial charge in [0.25, 0.3) is 0 Å². The van der Waals surface area contributed by atoms with Gasteiger partial charge >= 0.3 is 7.82 Å². The van der Waals surface area contributed by atoms with Crippen LogP contribution in [0.1, 0.15) is 119 Å². The van der Waals surface area contributed by atoms with Crippen molar-refractivity contribution in [3.05, 3.63) is 65.0 Å². The van der Waals surface area contributed by atoms with E-state index in [-0.39, 0.29) is 19.1 Å². The largest absolute Gasteiger partial charge is 0.496 e. The molecule has 9 nitrogen and oxygen atoms in total. The lowest BCUT2D eigenvalue weighted by Crippen LogP contribution is -2.39. The normalized spacial score (nSPS) is 12.4. The number of hydrogen-bond donors (Lipinski definition) is 3. The molecule has 46 heavy (non-hydrogen) atoms. The maximum atomic E-state index is 12.7. The Morgan fingerprint density at radius 3 is 2.15 bits per heavy atom. The second-order valence-corrected chi connectivity index (χ2v) is 13.3. The topological polar surface area (TPSA) is 127 Å². The Morgan fingerprint density at radius 2 is 1.54 bits per heavy atom. The number of aryl methyl sites for hydroxylation is 1. The molecule has 0 aliphatic rings. The van der Waals surface area contributed by atoms with Crippen LogP contribution in [0, 0.1) is 13.8 Å². The molecule has 0 saturated carbocycles. The highest BCUT2D eigenvalue weighted by Crippen LogP contribution is 2.36. The maximum Gasteiger partial charge on any atom is 0.469 e. The first-order chi connectivity index (χ1) is 22.1. The van der Waals surface area contributed by atoms with Gasteiger partial charge < -0.3 is 24.6 Å². The Hall–Kier alpha value is -2.71. The zero-order valence-electron chi connectivity index (χ0n) is 28.5. The predicted molar refractivity (Wildman–Crippen MR) is 184 cm³/mol. The number of nitrogens with one attached hydrogen (secondary N) is 1. The summed E-state index contributed by atoms with van der Waals surface area (Å²) in [7, 11) is -3.03. The molecule has 2 aromatic rings. The van der Waals surface area contributed by atoms with Crippen LogP contribution >= 0.6 is 7.82 Å². The number of hydrogen-bond acceptors (Lipinski definition) is 6. The minimum Gasteiger partial charge on any atom is -0.496 e. The molecule has 0 aliphatic heterocycles. The molecule has 2 rings (SSSR count). The second-order valence-electron chi connectivity index (χ2n) is 12.1. The average Bonchev–Trinajstić information content (AvgIpc) is 3.02. The third-order valence-corrected chi connectivity index (χ3v) is 8.49. The van der Waals surface area contributed by atoms with Crippen LogP contribution in [-0.2, 0) is 26.9 Å². The molecule has 1 heterocycles. The lowest BCUT2D eigenvalue weighted by atomic mass is 10.1. The van der Waals surface area contributed by atoms with Crippen molar-refractivity contribution in [1.29, 1.82) is 0 Å². The van der Waals surface area contributed by atoms with E-state index in [4.69, 9.17) is 14.0 Å². The average molecular weight is 661 g/mol. The number of carbonyl (C=O) groups excluding carboxylic acids is 1. The zero-order chi connectivity index (χ0) is 33.6. The van der Waals surface area contributed by atoms with Gasteiger partial charge in [0, 0.05) is 23.7 Å². The predicted octanol–water partition coefficient (Wildman–Crippen LogP) is 8.46. The molecule has 10 heteroatoms. The molecule has 1 atom stereocenters. The van der Waals surface area contributed by atoms with Gasteiger partial charge in [-0.2, -0.15) is 0 Å². The number of phosphoric acid groups is 1. The molecule has 1 amide bonds. The smallest absolute Gasteiger partial charge is 0.469 e. The Labute approximate surface area is 276 Å². The fourth-order valence-electron chi connectivity index (χ4n) is 5.37. The van der Waals surface area contributed by atoms with Gasteiger partial charge in [0.2, 0.25) is 5.91 Å².